The fourth-order valence-electron chi connectivity index (χ4n) is 1.67. The van der Waals surface area contributed by atoms with Crippen LogP contribution in [0.1, 0.15) is 18.9 Å². The van der Waals surface area contributed by atoms with Gasteiger partial charge in [-0.1, -0.05) is 25.6 Å². The summed E-state index contributed by atoms with van der Waals surface area (Å²) in [4.78, 5) is 15.5. The van der Waals surface area contributed by atoms with E-state index in [1.807, 2.05) is 6.92 Å². The van der Waals surface area contributed by atoms with Gasteiger partial charge in [-0.3, -0.25) is 4.79 Å². The van der Waals surface area contributed by atoms with Crippen molar-refractivity contribution in [2.45, 2.75) is 13.3 Å². The maximum atomic E-state index is 11.5. The number of hydrogen-bond acceptors (Lipinski definition) is 2. The van der Waals surface area contributed by atoms with Crippen LogP contribution in [0, 0.1) is 0 Å². The van der Waals surface area contributed by atoms with Gasteiger partial charge in [0.25, 0.3) is 5.91 Å². The third-order valence-electron chi connectivity index (χ3n) is 2.49. The molecular formula is C12H11NO2. The highest BCUT2D eigenvalue weighted by Gasteiger charge is 2.19. The second-order valence-electron chi connectivity index (χ2n) is 3.41. The largest absolute Gasteiger partial charge is 0.507 e. The second-order valence-corrected chi connectivity index (χ2v) is 3.41. The Morgan fingerprint density at radius 3 is 2.87 bits per heavy atom. The number of carbonyl (C=O) groups excluding carboxylic acids is 1. The van der Waals surface area contributed by atoms with E-state index < -0.39 is 0 Å². The molecule has 1 aromatic carbocycles. The molecule has 1 N–H and O–H groups in total. The molecule has 0 aliphatic carbocycles. The van der Waals surface area contributed by atoms with Gasteiger partial charge in [0.05, 0.1) is 10.9 Å². The summed E-state index contributed by atoms with van der Waals surface area (Å²) >= 11 is 0. The Balaban J connectivity index is 2.85. The van der Waals surface area contributed by atoms with E-state index in [-0.39, 0.29) is 11.7 Å². The lowest BCUT2D eigenvalue weighted by Gasteiger charge is -2.11. The third kappa shape index (κ3) is 1.36. The third-order valence-corrected chi connectivity index (χ3v) is 2.49. The number of hydrogen-bond donors (Lipinski definition) is 1. The van der Waals surface area contributed by atoms with Crippen LogP contribution in [0.2, 0.25) is 0 Å². The average Bonchev–Trinajstić information content (AvgIpc) is 2.20. The summed E-state index contributed by atoms with van der Waals surface area (Å²) in [7, 11) is 0. The lowest BCUT2D eigenvalue weighted by atomic mass is 10.0. The zero-order valence-corrected chi connectivity index (χ0v) is 8.45. The minimum atomic E-state index is -0.362. The Bertz CT molecular complexity index is 570. The molecule has 1 amide bonds. The van der Waals surface area contributed by atoms with Crippen molar-refractivity contribution in [3.63, 3.8) is 0 Å². The number of aliphatic hydroxyl groups excluding tert-OH is 1. The Morgan fingerprint density at radius 1 is 1.47 bits per heavy atom. The van der Waals surface area contributed by atoms with Gasteiger partial charge < -0.3 is 5.11 Å². The van der Waals surface area contributed by atoms with Crippen LogP contribution in [0.15, 0.2) is 28.8 Å². The Hall–Kier alpha value is -1.90. The van der Waals surface area contributed by atoms with Crippen LogP contribution < -0.4 is 10.6 Å². The lowest BCUT2D eigenvalue weighted by Crippen LogP contribution is -2.32. The minimum absolute atomic E-state index is 0.0398. The van der Waals surface area contributed by atoms with E-state index in [0.29, 0.717) is 28.1 Å². The Kier molecular flexibility index (Phi) is 2.15. The zero-order valence-electron chi connectivity index (χ0n) is 8.45. The van der Waals surface area contributed by atoms with Gasteiger partial charge in [-0.15, -0.1) is 0 Å². The zero-order chi connectivity index (χ0) is 11.0. The van der Waals surface area contributed by atoms with Crippen molar-refractivity contribution in [1.82, 2.24) is 0 Å². The summed E-state index contributed by atoms with van der Waals surface area (Å²) in [6, 6.07) is 5.29. The number of nitrogens with zero attached hydrogens (tertiary/aromatic N) is 1. The van der Waals surface area contributed by atoms with Gasteiger partial charge in [-0.25, -0.2) is 4.99 Å². The van der Waals surface area contributed by atoms with Crippen LogP contribution in [0.3, 0.4) is 0 Å². The predicted molar refractivity (Wildman–Crippen MR) is 57.6 cm³/mol. The molecular weight excluding hydrogens is 190 g/mol. The first kappa shape index (κ1) is 9.65. The molecule has 0 bridgehead atoms. The maximum Gasteiger partial charge on any atom is 0.277 e. The van der Waals surface area contributed by atoms with Crippen LogP contribution in [-0.2, 0) is 4.79 Å². The first-order valence-electron chi connectivity index (χ1n) is 4.78. The van der Waals surface area contributed by atoms with E-state index in [9.17, 15) is 9.90 Å². The molecule has 0 radical (unpaired) electrons. The van der Waals surface area contributed by atoms with Gasteiger partial charge in [0.2, 0.25) is 0 Å². The average molecular weight is 201 g/mol. The van der Waals surface area contributed by atoms with Crippen molar-refractivity contribution in [3.05, 3.63) is 39.9 Å². The quantitative estimate of drug-likeness (QED) is 0.735. The Morgan fingerprint density at radius 2 is 2.20 bits per heavy atom. The monoisotopic (exact) mass is 201 g/mol. The normalized spacial score (nSPS) is 14.9. The van der Waals surface area contributed by atoms with Crippen LogP contribution in [0.5, 0.6) is 0 Å². The molecule has 1 aromatic rings. The molecule has 3 nitrogen and oxygen atoms in total. The summed E-state index contributed by atoms with van der Waals surface area (Å²) in [6.45, 7) is 5.59. The van der Waals surface area contributed by atoms with Crippen LogP contribution in [0.4, 0.5) is 0 Å². The molecule has 2 rings (SSSR count). The molecule has 0 fully saturated rings. The first-order valence-corrected chi connectivity index (χ1v) is 4.78. The van der Waals surface area contributed by atoms with Crippen molar-refractivity contribution in [2.24, 2.45) is 4.99 Å². The molecule has 76 valence electrons. The SMILES string of the molecule is C=c1cccc2c1=NC(=O)C(CC)=C2O. The molecule has 0 atom stereocenters. The standard InChI is InChI=1S/C12H11NO2/c1-3-8-11(14)9-6-4-5-7(2)10(9)13-12(8)15/h4-6,14H,2-3H2,1H3. The van der Waals surface area contributed by atoms with E-state index >= 15 is 0 Å². The van der Waals surface area contributed by atoms with E-state index in [1.54, 1.807) is 18.2 Å². The number of carbonyl (C=O) groups is 1. The van der Waals surface area contributed by atoms with Gasteiger partial charge in [-0.2, -0.15) is 0 Å². The van der Waals surface area contributed by atoms with Crippen molar-refractivity contribution >= 4 is 18.2 Å². The summed E-state index contributed by atoms with van der Waals surface area (Å²) in [5.74, 6) is -0.323. The van der Waals surface area contributed by atoms with Gasteiger partial charge in [0.15, 0.2) is 0 Å². The summed E-state index contributed by atoms with van der Waals surface area (Å²) in [5.41, 5.74) is 0.965. The molecule has 3 heteroatoms. The first-order chi connectivity index (χ1) is 7.15. The fraction of sp³-hybridized carbons (Fsp3) is 0.167. The fourth-order valence-corrected chi connectivity index (χ4v) is 1.67. The van der Waals surface area contributed by atoms with Crippen molar-refractivity contribution in [3.8, 4) is 0 Å². The van der Waals surface area contributed by atoms with Crippen molar-refractivity contribution in [1.29, 1.82) is 0 Å². The molecule has 1 aliphatic heterocycles. The van der Waals surface area contributed by atoms with E-state index in [2.05, 4.69) is 11.6 Å². The van der Waals surface area contributed by atoms with Crippen LogP contribution in [-0.4, -0.2) is 11.0 Å². The van der Waals surface area contributed by atoms with Crippen LogP contribution >= 0.6 is 0 Å². The minimum Gasteiger partial charge on any atom is -0.507 e. The number of rotatable bonds is 1. The van der Waals surface area contributed by atoms with Gasteiger partial charge >= 0.3 is 0 Å². The van der Waals surface area contributed by atoms with Gasteiger partial charge in [0.1, 0.15) is 5.76 Å². The molecule has 0 spiro atoms. The maximum absolute atomic E-state index is 11.5. The number of amides is 1. The van der Waals surface area contributed by atoms with E-state index in [0.717, 1.165) is 0 Å². The number of para-hydroxylation sites is 1. The molecule has 0 saturated heterocycles. The molecule has 15 heavy (non-hydrogen) atoms. The topological polar surface area (TPSA) is 49.7 Å². The highest BCUT2D eigenvalue weighted by Crippen LogP contribution is 2.18. The highest BCUT2D eigenvalue weighted by molar-refractivity contribution is 6.01. The highest BCUT2D eigenvalue weighted by atomic mass is 16.3. The number of fused-ring (bicyclic) bond motifs is 1. The molecule has 0 aromatic heterocycles. The molecule has 0 saturated carbocycles. The molecule has 0 unspecified atom stereocenters. The summed E-state index contributed by atoms with van der Waals surface area (Å²) in [6.07, 6.45) is 0.481. The lowest BCUT2D eigenvalue weighted by molar-refractivity contribution is -0.114. The van der Waals surface area contributed by atoms with E-state index in [4.69, 9.17) is 0 Å². The molecule has 1 aliphatic rings. The number of aliphatic hydroxyl groups is 1. The predicted octanol–water partition coefficient (Wildman–Crippen LogP) is 0.936. The van der Waals surface area contributed by atoms with E-state index in [1.165, 1.54) is 0 Å². The summed E-state index contributed by atoms with van der Waals surface area (Å²) < 4.78 is 0. The Labute approximate surface area is 87.1 Å². The summed E-state index contributed by atoms with van der Waals surface area (Å²) in [5, 5.41) is 11.0. The van der Waals surface area contributed by atoms with Gasteiger partial charge in [-0.05, 0) is 17.7 Å². The van der Waals surface area contributed by atoms with Crippen LogP contribution in [0.25, 0.3) is 12.3 Å². The smallest absolute Gasteiger partial charge is 0.277 e. The number of benzene rings is 1. The van der Waals surface area contributed by atoms with Crippen molar-refractivity contribution < 1.29 is 9.90 Å². The molecule has 1 heterocycles. The second kappa shape index (κ2) is 3.35. The van der Waals surface area contributed by atoms with Crippen molar-refractivity contribution in [2.75, 3.05) is 0 Å². The van der Waals surface area contributed by atoms with Gasteiger partial charge in [0, 0.05) is 5.56 Å².